The van der Waals surface area contributed by atoms with E-state index in [0.717, 1.165) is 0 Å². The van der Waals surface area contributed by atoms with Crippen LogP contribution in [0.5, 0.6) is 0 Å². The van der Waals surface area contributed by atoms with E-state index >= 15 is 0 Å². The van der Waals surface area contributed by atoms with Gasteiger partial charge in [-0.25, -0.2) is 0 Å². The Morgan fingerprint density at radius 2 is 0.741 bits per heavy atom. The first kappa shape index (κ1) is 21.7. The largest absolute Gasteiger partial charge is 0.0622 e. The van der Waals surface area contributed by atoms with Crippen molar-refractivity contribution in [1.82, 2.24) is 0 Å². The summed E-state index contributed by atoms with van der Waals surface area (Å²) in [6, 6.07) is 21.9. The summed E-state index contributed by atoms with van der Waals surface area (Å²) in [6.45, 7) is 4.74. The maximum absolute atomic E-state index is 2.37. The van der Waals surface area contributed by atoms with E-state index in [1.807, 2.05) is 0 Å². The van der Waals surface area contributed by atoms with Gasteiger partial charge in [0.05, 0.1) is 0 Å². The molecule has 0 fully saturated rings. The van der Waals surface area contributed by atoms with Crippen molar-refractivity contribution in [3.05, 3.63) is 71.8 Å². The third-order valence-corrected chi connectivity index (χ3v) is 6.01. The van der Waals surface area contributed by atoms with E-state index in [9.17, 15) is 0 Å². The van der Waals surface area contributed by atoms with E-state index in [4.69, 9.17) is 0 Å². The second-order valence-electron chi connectivity index (χ2n) is 8.38. The lowest BCUT2D eigenvalue weighted by Gasteiger charge is -2.12. The van der Waals surface area contributed by atoms with Crippen LogP contribution in [0.3, 0.4) is 0 Å². The quantitative estimate of drug-likeness (QED) is 0.293. The summed E-state index contributed by atoms with van der Waals surface area (Å²) in [7, 11) is 0. The highest BCUT2D eigenvalue weighted by Gasteiger charge is 2.05. The van der Waals surface area contributed by atoms with Crippen molar-refractivity contribution in [2.75, 3.05) is 0 Å². The lowest BCUT2D eigenvalue weighted by molar-refractivity contribution is 0.524. The number of unbranched alkanes of at least 4 members (excludes halogenated alkanes) is 8. The highest BCUT2D eigenvalue weighted by atomic mass is 14.1. The van der Waals surface area contributed by atoms with Crippen molar-refractivity contribution < 1.29 is 0 Å². The minimum atomic E-state index is 0.712. The Hall–Kier alpha value is -1.56. The van der Waals surface area contributed by atoms with Gasteiger partial charge in [-0.15, -0.1) is 0 Å². The van der Waals surface area contributed by atoms with Gasteiger partial charge in [-0.1, -0.05) is 132 Å². The number of rotatable bonds is 14. The maximum Gasteiger partial charge on any atom is -0.0190 e. The zero-order chi connectivity index (χ0) is 19.2. The fraction of sp³-hybridized carbons (Fsp3) is 0.556. The summed E-state index contributed by atoms with van der Waals surface area (Å²) in [5, 5.41) is 0. The molecule has 0 heterocycles. The van der Waals surface area contributed by atoms with Crippen molar-refractivity contribution in [2.45, 2.75) is 96.3 Å². The lowest BCUT2D eigenvalue weighted by Crippen LogP contribution is -1.93. The summed E-state index contributed by atoms with van der Waals surface area (Å²) < 4.78 is 0. The Balaban J connectivity index is 1.38. The molecule has 2 aromatic carbocycles. The van der Waals surface area contributed by atoms with E-state index in [1.54, 1.807) is 0 Å². The van der Waals surface area contributed by atoms with Crippen LogP contribution < -0.4 is 0 Å². The topological polar surface area (TPSA) is 0 Å². The van der Waals surface area contributed by atoms with Gasteiger partial charge in [0.1, 0.15) is 0 Å². The average molecular weight is 365 g/mol. The van der Waals surface area contributed by atoms with E-state index < -0.39 is 0 Å². The molecule has 0 unspecified atom stereocenters. The van der Waals surface area contributed by atoms with Crippen LogP contribution in [0, 0.1) is 0 Å². The second kappa shape index (κ2) is 13.6. The highest BCUT2D eigenvalue weighted by molar-refractivity contribution is 5.19. The number of benzene rings is 2. The molecule has 0 aromatic heterocycles. The molecule has 0 heteroatoms. The zero-order valence-corrected chi connectivity index (χ0v) is 17.7. The van der Waals surface area contributed by atoms with Crippen molar-refractivity contribution in [3.8, 4) is 0 Å². The molecule has 27 heavy (non-hydrogen) atoms. The predicted octanol–water partition coefficient (Wildman–Crippen LogP) is 8.88. The Bertz CT molecular complexity index is 518. The van der Waals surface area contributed by atoms with Crippen molar-refractivity contribution in [1.29, 1.82) is 0 Å². The molecule has 2 aromatic rings. The molecule has 0 saturated heterocycles. The van der Waals surface area contributed by atoms with Crippen LogP contribution in [0.15, 0.2) is 60.7 Å². The van der Waals surface area contributed by atoms with Gasteiger partial charge in [0.25, 0.3) is 0 Å². The van der Waals surface area contributed by atoms with Crippen molar-refractivity contribution >= 4 is 0 Å². The minimum Gasteiger partial charge on any atom is -0.0622 e. The van der Waals surface area contributed by atoms with Crippen molar-refractivity contribution in [3.63, 3.8) is 0 Å². The van der Waals surface area contributed by atoms with Gasteiger partial charge in [0, 0.05) is 0 Å². The molecule has 0 bridgehead atoms. The minimum absolute atomic E-state index is 0.712. The van der Waals surface area contributed by atoms with Gasteiger partial charge in [-0.3, -0.25) is 0 Å². The van der Waals surface area contributed by atoms with Crippen LogP contribution in [0.4, 0.5) is 0 Å². The number of hydrogen-bond donors (Lipinski definition) is 0. The monoisotopic (exact) mass is 364 g/mol. The average Bonchev–Trinajstić information content (AvgIpc) is 2.73. The molecule has 0 aliphatic heterocycles. The smallest absolute Gasteiger partial charge is 0.0190 e. The Morgan fingerprint density at radius 3 is 1.07 bits per heavy atom. The summed E-state index contributed by atoms with van der Waals surface area (Å²) in [4.78, 5) is 0. The van der Waals surface area contributed by atoms with E-state index in [-0.39, 0.29) is 0 Å². The van der Waals surface area contributed by atoms with E-state index in [0.29, 0.717) is 11.8 Å². The Kier molecular flexibility index (Phi) is 10.9. The first-order valence-electron chi connectivity index (χ1n) is 11.4. The van der Waals surface area contributed by atoms with Crippen LogP contribution in [0.25, 0.3) is 0 Å². The van der Waals surface area contributed by atoms with Gasteiger partial charge in [-0.05, 0) is 35.8 Å². The van der Waals surface area contributed by atoms with Crippen LogP contribution in [-0.4, -0.2) is 0 Å². The summed E-state index contributed by atoms with van der Waals surface area (Å²) in [5.74, 6) is 1.42. The fourth-order valence-electron chi connectivity index (χ4n) is 4.03. The highest BCUT2D eigenvalue weighted by Crippen LogP contribution is 2.23. The Morgan fingerprint density at radius 1 is 0.444 bits per heavy atom. The van der Waals surface area contributed by atoms with E-state index in [1.165, 1.54) is 81.8 Å². The zero-order valence-electron chi connectivity index (χ0n) is 17.7. The maximum atomic E-state index is 2.37. The first-order chi connectivity index (χ1) is 13.3. The molecule has 0 aliphatic carbocycles. The SMILES string of the molecule is C[C@H](CCCCCCCCCCC[C@@H](C)c1ccccc1)c1ccccc1. The Labute approximate surface area is 168 Å². The molecule has 0 spiro atoms. The van der Waals surface area contributed by atoms with Crippen LogP contribution >= 0.6 is 0 Å². The molecular formula is C27H40. The molecule has 0 amide bonds. The van der Waals surface area contributed by atoms with E-state index in [2.05, 4.69) is 74.5 Å². The molecule has 0 saturated carbocycles. The lowest BCUT2D eigenvalue weighted by atomic mass is 9.94. The van der Waals surface area contributed by atoms with Gasteiger partial charge < -0.3 is 0 Å². The molecule has 0 radical (unpaired) electrons. The molecule has 0 aliphatic rings. The third-order valence-electron chi connectivity index (χ3n) is 6.01. The number of hydrogen-bond acceptors (Lipinski definition) is 0. The van der Waals surface area contributed by atoms with Gasteiger partial charge in [0.15, 0.2) is 0 Å². The summed E-state index contributed by atoms with van der Waals surface area (Å²) in [5.41, 5.74) is 3.00. The van der Waals surface area contributed by atoms with Crippen molar-refractivity contribution in [2.24, 2.45) is 0 Å². The molecule has 148 valence electrons. The molecule has 0 nitrogen and oxygen atoms in total. The second-order valence-corrected chi connectivity index (χ2v) is 8.38. The standard InChI is InChI=1S/C27H40/c1-24(26-20-14-10-15-21-26)18-12-8-6-4-3-5-7-9-13-19-25(2)27-22-16-11-17-23-27/h10-11,14-17,20-25H,3-9,12-13,18-19H2,1-2H3/t24-,25-/m1/s1. The summed E-state index contributed by atoms with van der Waals surface area (Å²) in [6.07, 6.45) is 15.4. The summed E-state index contributed by atoms with van der Waals surface area (Å²) >= 11 is 0. The van der Waals surface area contributed by atoms with Gasteiger partial charge in [-0.2, -0.15) is 0 Å². The van der Waals surface area contributed by atoms with Gasteiger partial charge >= 0.3 is 0 Å². The van der Waals surface area contributed by atoms with Crippen LogP contribution in [0.2, 0.25) is 0 Å². The van der Waals surface area contributed by atoms with Crippen LogP contribution in [-0.2, 0) is 0 Å². The first-order valence-corrected chi connectivity index (χ1v) is 11.4. The molecule has 2 atom stereocenters. The predicted molar refractivity (Wildman–Crippen MR) is 121 cm³/mol. The fourth-order valence-corrected chi connectivity index (χ4v) is 4.03. The van der Waals surface area contributed by atoms with Crippen LogP contribution in [0.1, 0.15) is 107 Å². The normalized spacial score (nSPS) is 13.4. The molecule has 2 rings (SSSR count). The third kappa shape index (κ3) is 9.27. The molecular weight excluding hydrogens is 324 g/mol. The molecule has 0 N–H and O–H groups in total. The van der Waals surface area contributed by atoms with Gasteiger partial charge in [0.2, 0.25) is 0 Å².